The highest BCUT2D eigenvalue weighted by atomic mass is 32.6. The second kappa shape index (κ2) is 29.4. The van der Waals surface area contributed by atoms with Crippen LogP contribution in [0.1, 0.15) is 52.9 Å². The SMILES string of the molecule is CCCCCP(P)PP.CCCP(P)PP.CCCP(P)PP. The highest BCUT2D eigenvalue weighted by Crippen LogP contribution is 2.67. The largest absolute Gasteiger partial charge is 0.110 e. The van der Waals surface area contributed by atoms with Crippen LogP contribution in [0.3, 0.4) is 0 Å². The van der Waals surface area contributed by atoms with Crippen LogP contribution in [0.5, 0.6) is 0 Å². The molecule has 0 saturated carbocycles. The molecule has 0 spiro atoms. The van der Waals surface area contributed by atoms with Crippen molar-refractivity contribution in [1.29, 1.82) is 0 Å². The van der Waals surface area contributed by atoms with E-state index in [2.05, 4.69) is 74.3 Å². The maximum Gasteiger partial charge on any atom is -0.0252 e. The second-order valence-electron chi connectivity index (χ2n) is 4.67. The smallest absolute Gasteiger partial charge is 0.0252 e. The maximum absolute atomic E-state index is 2.96. The molecule has 0 bridgehead atoms. The van der Waals surface area contributed by atoms with Crippen molar-refractivity contribution < 1.29 is 0 Å². The molecule has 144 valence electrons. The summed E-state index contributed by atoms with van der Waals surface area (Å²) in [5.41, 5.74) is 0. The first-order chi connectivity index (χ1) is 10.9. The fourth-order valence-electron chi connectivity index (χ4n) is 1.21. The van der Waals surface area contributed by atoms with Gasteiger partial charge in [-0.3, -0.25) is 0 Å². The Labute approximate surface area is 170 Å². The third kappa shape index (κ3) is 35.0. The van der Waals surface area contributed by atoms with Gasteiger partial charge < -0.3 is 0 Å². The van der Waals surface area contributed by atoms with E-state index >= 15 is 0 Å². The van der Waals surface area contributed by atoms with Gasteiger partial charge in [-0.1, -0.05) is 92.2 Å². The summed E-state index contributed by atoms with van der Waals surface area (Å²) in [6.07, 6.45) is 11.2. The summed E-state index contributed by atoms with van der Waals surface area (Å²) in [5, 5.41) is 0. The van der Waals surface area contributed by atoms with E-state index < -0.39 is 0 Å². The van der Waals surface area contributed by atoms with Crippen LogP contribution in [-0.2, 0) is 0 Å². The number of unbranched alkanes of at least 4 members (excludes halogenated alkanes) is 2. The lowest BCUT2D eigenvalue weighted by Gasteiger charge is -2.06. The molecular weight excluding hydrogens is 504 g/mol. The lowest BCUT2D eigenvalue weighted by molar-refractivity contribution is 0.778. The molecule has 0 radical (unpaired) electrons. The molecule has 0 aliphatic heterocycles. The zero-order valence-electron chi connectivity index (χ0n) is 15.0. The van der Waals surface area contributed by atoms with Crippen LogP contribution in [0.15, 0.2) is 0 Å². The number of rotatable bonds is 11. The van der Waals surface area contributed by atoms with E-state index in [1.165, 1.54) is 50.6 Å². The van der Waals surface area contributed by atoms with Gasteiger partial charge in [-0.25, -0.2) is 0 Å². The Balaban J connectivity index is -0.000000264. The molecule has 23 heavy (non-hydrogen) atoms. The van der Waals surface area contributed by atoms with Gasteiger partial charge in [-0.2, -0.15) is 0 Å². The van der Waals surface area contributed by atoms with Gasteiger partial charge in [-0.15, -0.1) is 53.6 Å². The van der Waals surface area contributed by atoms with Gasteiger partial charge in [0.2, 0.25) is 0 Å². The van der Waals surface area contributed by atoms with Crippen molar-refractivity contribution in [2.24, 2.45) is 0 Å². The summed E-state index contributed by atoms with van der Waals surface area (Å²) < 4.78 is 0. The molecule has 12 atom stereocenters. The van der Waals surface area contributed by atoms with Gasteiger partial charge in [0.25, 0.3) is 0 Å². The van der Waals surface area contributed by atoms with Gasteiger partial charge in [-0.05, 0) is 24.9 Å². The molecule has 0 fully saturated rings. The minimum atomic E-state index is 0.317. The van der Waals surface area contributed by atoms with Crippen LogP contribution in [0, 0.1) is 0 Å². The Morgan fingerprint density at radius 1 is 0.565 bits per heavy atom. The first-order valence-corrected chi connectivity index (χ1v) is 28.3. The average Bonchev–Trinajstić information content (AvgIpc) is 2.56. The molecule has 0 aliphatic carbocycles. The summed E-state index contributed by atoms with van der Waals surface area (Å²) in [6.45, 7) is 6.74. The molecule has 0 amide bonds. The second-order valence-corrected chi connectivity index (χ2v) is 34.3. The van der Waals surface area contributed by atoms with Gasteiger partial charge in [0.05, 0.1) is 0 Å². The molecular formula is C11H40P12. The average molecular weight is 544 g/mol. The molecule has 12 heteroatoms. The van der Waals surface area contributed by atoms with E-state index in [1.54, 1.807) is 0 Å². The molecule has 0 saturated heterocycles. The van der Waals surface area contributed by atoms with Crippen LogP contribution < -0.4 is 0 Å². The van der Waals surface area contributed by atoms with E-state index in [0.29, 0.717) is 21.9 Å². The topological polar surface area (TPSA) is 0 Å². The van der Waals surface area contributed by atoms with Crippen molar-refractivity contribution in [3.05, 3.63) is 0 Å². The molecule has 0 rings (SSSR count). The van der Waals surface area contributed by atoms with E-state index in [1.807, 2.05) is 0 Å². The van der Waals surface area contributed by atoms with Gasteiger partial charge in [0.1, 0.15) is 0 Å². The Bertz CT molecular complexity index is 184. The fourth-order valence-corrected chi connectivity index (χ4v) is 11.7. The van der Waals surface area contributed by atoms with E-state index in [0.717, 1.165) is 23.9 Å². The minimum absolute atomic E-state index is 0.317. The molecule has 0 aromatic rings. The predicted molar refractivity (Wildman–Crippen MR) is 159 cm³/mol. The molecule has 0 aromatic heterocycles. The highest BCUT2D eigenvalue weighted by molar-refractivity contribution is 8.62. The summed E-state index contributed by atoms with van der Waals surface area (Å²) in [6, 6.07) is 0. The Kier molecular flexibility index (Phi) is 41.9. The molecule has 0 N–H and O–H groups in total. The molecule has 0 aliphatic rings. The minimum Gasteiger partial charge on any atom is -0.110 e. The third-order valence-corrected chi connectivity index (χ3v) is 34.4. The van der Waals surface area contributed by atoms with Crippen LogP contribution in [0.4, 0.5) is 0 Å². The standard InChI is InChI=1S/C5H16P4.2C3H12P4/c1-2-3-4-5-9(7)8-6;2*1-2-3-7(5)6-4/h8H,2-7H2,1H3;2*6H,2-5H2,1H3. The van der Waals surface area contributed by atoms with Gasteiger partial charge >= 0.3 is 0 Å². The van der Waals surface area contributed by atoms with E-state index in [-0.39, 0.29) is 0 Å². The zero-order chi connectivity index (χ0) is 18.5. The number of hydrogen-bond acceptors (Lipinski definition) is 0. The molecule has 0 nitrogen and oxygen atoms in total. The summed E-state index contributed by atoms with van der Waals surface area (Å²) in [5.74, 6) is 0. The van der Waals surface area contributed by atoms with Gasteiger partial charge in [0.15, 0.2) is 0 Å². The molecule has 0 heterocycles. The molecule has 12 unspecified atom stereocenters. The van der Waals surface area contributed by atoms with Crippen LogP contribution in [0.2, 0.25) is 0 Å². The van der Waals surface area contributed by atoms with Crippen molar-refractivity contribution in [1.82, 2.24) is 0 Å². The van der Waals surface area contributed by atoms with Crippen LogP contribution in [0.25, 0.3) is 0 Å². The normalized spacial score (nSPS) is 15.5. The van der Waals surface area contributed by atoms with Crippen molar-refractivity contribution in [2.45, 2.75) is 52.9 Å². The van der Waals surface area contributed by atoms with Crippen molar-refractivity contribution in [2.75, 3.05) is 18.5 Å². The Hall–Kier alpha value is 5.16. The lowest BCUT2D eigenvalue weighted by Crippen LogP contribution is -1.74. The summed E-state index contributed by atoms with van der Waals surface area (Å²) >= 11 is 0. The summed E-state index contributed by atoms with van der Waals surface area (Å²) in [7, 11) is 21.5. The summed E-state index contributed by atoms with van der Waals surface area (Å²) in [4.78, 5) is 0. The fraction of sp³-hybridized carbons (Fsp3) is 1.00. The predicted octanol–water partition coefficient (Wildman–Crippen LogP) is 9.94. The lowest BCUT2D eigenvalue weighted by atomic mass is 10.3. The van der Waals surface area contributed by atoms with E-state index in [9.17, 15) is 0 Å². The highest BCUT2D eigenvalue weighted by Gasteiger charge is 1.95. The van der Waals surface area contributed by atoms with Gasteiger partial charge in [0, 0.05) is 0 Å². The number of hydrogen-bond donors (Lipinski definition) is 0. The van der Waals surface area contributed by atoms with Crippen LogP contribution >= 0.6 is 99.3 Å². The first kappa shape index (κ1) is 32.8. The van der Waals surface area contributed by atoms with Crippen molar-refractivity contribution in [3.8, 4) is 0 Å². The van der Waals surface area contributed by atoms with E-state index in [4.69, 9.17) is 0 Å². The zero-order valence-corrected chi connectivity index (χ0v) is 27.6. The first-order valence-electron chi connectivity index (χ1n) is 7.88. The Morgan fingerprint density at radius 2 is 0.913 bits per heavy atom. The quantitative estimate of drug-likeness (QED) is 0.180. The van der Waals surface area contributed by atoms with Crippen molar-refractivity contribution in [3.63, 3.8) is 0 Å². The van der Waals surface area contributed by atoms with Crippen LogP contribution in [-0.4, -0.2) is 18.5 Å². The maximum atomic E-state index is 2.96. The molecule has 0 aromatic carbocycles. The third-order valence-electron chi connectivity index (χ3n) is 2.43. The van der Waals surface area contributed by atoms with Crippen molar-refractivity contribution >= 4 is 99.3 Å². The Morgan fingerprint density at radius 3 is 1.13 bits per heavy atom. The monoisotopic (exact) mass is 544 g/mol.